The highest BCUT2D eigenvalue weighted by molar-refractivity contribution is 7.90. The maximum atomic E-state index is 12.8. The molecule has 0 saturated carbocycles. The number of carbonyl (C=O) groups excluding carboxylic acids is 2. The summed E-state index contributed by atoms with van der Waals surface area (Å²) >= 11 is 0. The molecule has 11 nitrogen and oxygen atoms in total. The lowest BCUT2D eigenvalue weighted by Crippen LogP contribution is -2.42. The maximum Gasteiger partial charge on any atom is 0.335 e. The van der Waals surface area contributed by atoms with Crippen molar-refractivity contribution in [1.29, 1.82) is 0 Å². The second kappa shape index (κ2) is 9.05. The summed E-state index contributed by atoms with van der Waals surface area (Å²) in [6, 6.07) is 6.16. The van der Waals surface area contributed by atoms with E-state index in [1.165, 1.54) is 30.2 Å². The molecule has 30 heavy (non-hydrogen) atoms. The second-order valence-electron chi connectivity index (χ2n) is 6.34. The van der Waals surface area contributed by atoms with Gasteiger partial charge in [0.2, 0.25) is 11.8 Å². The van der Waals surface area contributed by atoms with Crippen LogP contribution in [0.3, 0.4) is 0 Å². The Labute approximate surface area is 173 Å². The lowest BCUT2D eigenvalue weighted by molar-refractivity contribution is 0.0300. The molecule has 1 saturated heterocycles. The van der Waals surface area contributed by atoms with Crippen LogP contribution in [0.25, 0.3) is 0 Å². The minimum Gasteiger partial charge on any atom is -0.481 e. The minimum absolute atomic E-state index is 0.0341. The molecule has 2 aromatic rings. The van der Waals surface area contributed by atoms with Crippen LogP contribution < -0.4 is 14.8 Å². The van der Waals surface area contributed by atoms with Gasteiger partial charge in [0.15, 0.2) is 0 Å². The topological polar surface area (TPSA) is 140 Å². The molecule has 0 spiro atoms. The summed E-state index contributed by atoms with van der Waals surface area (Å²) < 4.78 is 37.7. The first-order chi connectivity index (χ1) is 14.3. The number of nitrogens with one attached hydrogen (secondary N) is 2. The Morgan fingerprint density at radius 3 is 2.57 bits per heavy atom. The Hall–Kier alpha value is -3.25. The van der Waals surface area contributed by atoms with Crippen molar-refractivity contribution in [3.63, 3.8) is 0 Å². The van der Waals surface area contributed by atoms with Crippen LogP contribution in [0, 0.1) is 6.92 Å². The van der Waals surface area contributed by atoms with E-state index in [0.29, 0.717) is 32.0 Å². The van der Waals surface area contributed by atoms with Gasteiger partial charge in [0.1, 0.15) is 4.90 Å². The molecule has 0 bridgehead atoms. The van der Waals surface area contributed by atoms with Gasteiger partial charge in [0.25, 0.3) is 15.9 Å². The summed E-state index contributed by atoms with van der Waals surface area (Å²) in [5, 5.41) is 2.25. The van der Waals surface area contributed by atoms with Crippen LogP contribution in [0.1, 0.15) is 16.1 Å². The van der Waals surface area contributed by atoms with Crippen LogP contribution in [-0.2, 0) is 14.8 Å². The molecule has 2 N–H and O–H groups in total. The van der Waals surface area contributed by atoms with Crippen molar-refractivity contribution in [3.8, 4) is 5.88 Å². The SMILES string of the molecule is COc1cc(C)nc(NC(=O)NS(=O)(=O)c2ccccc2C(=O)N2CCOCC2)n1. The van der Waals surface area contributed by atoms with E-state index in [1.807, 2.05) is 4.72 Å². The molecule has 2 heterocycles. The van der Waals surface area contributed by atoms with E-state index in [4.69, 9.17) is 9.47 Å². The second-order valence-corrected chi connectivity index (χ2v) is 7.99. The predicted molar refractivity (Wildman–Crippen MR) is 106 cm³/mol. The average molecular weight is 435 g/mol. The fourth-order valence-electron chi connectivity index (χ4n) is 2.82. The Balaban J connectivity index is 1.79. The van der Waals surface area contributed by atoms with Crippen LogP contribution >= 0.6 is 0 Å². The Morgan fingerprint density at radius 1 is 1.17 bits per heavy atom. The zero-order chi connectivity index (χ0) is 21.7. The fourth-order valence-corrected chi connectivity index (χ4v) is 3.93. The van der Waals surface area contributed by atoms with Crippen molar-refractivity contribution < 1.29 is 27.5 Å². The first-order valence-electron chi connectivity index (χ1n) is 8.99. The van der Waals surface area contributed by atoms with E-state index >= 15 is 0 Å². The van der Waals surface area contributed by atoms with Gasteiger partial charge in [-0.05, 0) is 19.1 Å². The van der Waals surface area contributed by atoms with Gasteiger partial charge in [0, 0.05) is 24.8 Å². The Morgan fingerprint density at radius 2 is 1.87 bits per heavy atom. The predicted octanol–water partition coefficient (Wildman–Crippen LogP) is 0.776. The number of ether oxygens (including phenoxy) is 2. The zero-order valence-corrected chi connectivity index (χ0v) is 17.2. The van der Waals surface area contributed by atoms with Crippen molar-refractivity contribution >= 4 is 27.9 Å². The number of aromatic nitrogens is 2. The third-order valence-electron chi connectivity index (χ3n) is 4.20. The molecule has 0 atom stereocenters. The van der Waals surface area contributed by atoms with Gasteiger partial charge >= 0.3 is 6.03 Å². The monoisotopic (exact) mass is 435 g/mol. The maximum absolute atomic E-state index is 12.8. The van der Waals surface area contributed by atoms with Gasteiger partial charge in [-0.3, -0.25) is 10.1 Å². The number of amides is 3. The first-order valence-corrected chi connectivity index (χ1v) is 10.5. The van der Waals surface area contributed by atoms with E-state index in [1.54, 1.807) is 19.1 Å². The fraction of sp³-hybridized carbons (Fsp3) is 0.333. The van der Waals surface area contributed by atoms with E-state index in [0.717, 1.165) is 0 Å². The number of rotatable bonds is 5. The van der Waals surface area contributed by atoms with Crippen molar-refractivity contribution in [1.82, 2.24) is 19.6 Å². The molecule has 12 heteroatoms. The van der Waals surface area contributed by atoms with Crippen LogP contribution in [0.2, 0.25) is 0 Å². The summed E-state index contributed by atoms with van der Waals surface area (Å²) in [5.41, 5.74) is 0.481. The number of carbonyl (C=O) groups is 2. The Kier molecular flexibility index (Phi) is 6.47. The summed E-state index contributed by atoms with van der Waals surface area (Å²) in [5.74, 6) is -0.370. The number of nitrogens with zero attached hydrogens (tertiary/aromatic N) is 3. The highest BCUT2D eigenvalue weighted by atomic mass is 32.2. The summed E-state index contributed by atoms with van der Waals surface area (Å²) in [6.45, 7) is 3.13. The molecule has 0 aliphatic carbocycles. The summed E-state index contributed by atoms with van der Waals surface area (Å²) in [6.07, 6.45) is 0. The summed E-state index contributed by atoms with van der Waals surface area (Å²) in [7, 11) is -2.95. The van der Waals surface area contributed by atoms with Crippen LogP contribution in [0.4, 0.5) is 10.7 Å². The third kappa shape index (κ3) is 5.02. The number of hydrogen-bond donors (Lipinski definition) is 2. The lowest BCUT2D eigenvalue weighted by Gasteiger charge is -2.27. The third-order valence-corrected chi connectivity index (χ3v) is 5.59. The molecule has 3 amide bonds. The largest absolute Gasteiger partial charge is 0.481 e. The van der Waals surface area contributed by atoms with E-state index in [9.17, 15) is 18.0 Å². The molecular formula is C18H21N5O6S. The van der Waals surface area contributed by atoms with Crippen LogP contribution in [0.5, 0.6) is 5.88 Å². The smallest absolute Gasteiger partial charge is 0.335 e. The van der Waals surface area contributed by atoms with Gasteiger partial charge in [-0.1, -0.05) is 12.1 Å². The van der Waals surface area contributed by atoms with Gasteiger partial charge in [-0.15, -0.1) is 0 Å². The van der Waals surface area contributed by atoms with Gasteiger partial charge in [0.05, 0.1) is 25.9 Å². The lowest BCUT2D eigenvalue weighted by atomic mass is 10.2. The Bertz CT molecular complexity index is 1050. The minimum atomic E-state index is -4.35. The number of sulfonamides is 1. The van der Waals surface area contributed by atoms with Crippen molar-refractivity contribution in [2.24, 2.45) is 0 Å². The molecule has 3 rings (SSSR count). The summed E-state index contributed by atoms with van der Waals surface area (Å²) in [4.78, 5) is 34.2. The highest BCUT2D eigenvalue weighted by Gasteiger charge is 2.27. The molecule has 0 radical (unpaired) electrons. The molecule has 1 aromatic carbocycles. The molecule has 160 valence electrons. The quantitative estimate of drug-likeness (QED) is 0.702. The van der Waals surface area contributed by atoms with E-state index in [-0.39, 0.29) is 22.3 Å². The number of methoxy groups -OCH3 is 1. The zero-order valence-electron chi connectivity index (χ0n) is 16.4. The standard InChI is InChI=1S/C18H21N5O6S/c1-12-11-15(28-2)20-17(19-12)21-18(25)22-30(26,27)14-6-4-3-5-13(14)16(24)23-7-9-29-10-8-23/h3-6,11H,7-10H2,1-2H3,(H2,19,20,21,22,25). The van der Waals surface area contributed by atoms with Gasteiger partial charge in [-0.25, -0.2) is 22.9 Å². The normalized spacial score (nSPS) is 14.1. The number of aryl methyl sites for hydroxylation is 1. The van der Waals surface area contributed by atoms with Crippen LogP contribution in [0.15, 0.2) is 35.2 Å². The number of benzene rings is 1. The van der Waals surface area contributed by atoms with Crippen molar-refractivity contribution in [2.75, 3.05) is 38.7 Å². The van der Waals surface area contributed by atoms with Gasteiger partial charge < -0.3 is 14.4 Å². The average Bonchev–Trinajstić information content (AvgIpc) is 2.73. The molecular weight excluding hydrogens is 414 g/mol. The molecule has 1 fully saturated rings. The van der Waals surface area contributed by atoms with Gasteiger partial charge in [-0.2, -0.15) is 4.98 Å². The first kappa shape index (κ1) is 21.5. The highest BCUT2D eigenvalue weighted by Crippen LogP contribution is 2.18. The van der Waals surface area contributed by atoms with Crippen LogP contribution in [-0.4, -0.2) is 68.6 Å². The number of anilines is 1. The molecule has 1 aliphatic heterocycles. The van der Waals surface area contributed by atoms with Crippen molar-refractivity contribution in [2.45, 2.75) is 11.8 Å². The molecule has 0 unspecified atom stereocenters. The van der Waals surface area contributed by atoms with Crippen molar-refractivity contribution in [3.05, 3.63) is 41.6 Å². The number of urea groups is 1. The number of morpholine rings is 1. The molecule has 1 aliphatic rings. The van der Waals surface area contributed by atoms with E-state index in [2.05, 4.69) is 15.3 Å². The number of hydrogen-bond acceptors (Lipinski definition) is 8. The molecule has 1 aromatic heterocycles. The van der Waals surface area contributed by atoms with E-state index < -0.39 is 22.0 Å².